The third-order valence-electron chi connectivity index (χ3n) is 4.81. The summed E-state index contributed by atoms with van der Waals surface area (Å²) >= 11 is 0. The van der Waals surface area contributed by atoms with E-state index in [9.17, 15) is 0 Å². The van der Waals surface area contributed by atoms with Crippen LogP contribution in [0.4, 0.5) is 5.69 Å². The summed E-state index contributed by atoms with van der Waals surface area (Å²) in [6.45, 7) is 11.4. The van der Waals surface area contributed by atoms with Crippen molar-refractivity contribution in [2.75, 3.05) is 18.0 Å². The summed E-state index contributed by atoms with van der Waals surface area (Å²) in [7, 11) is 0. The summed E-state index contributed by atoms with van der Waals surface area (Å²) in [5.74, 6) is 0. The SMILES string of the molecule is CCc1ccccc1N1CC(CC)(CC)NCC1C. The second-order valence-electron chi connectivity index (χ2n) is 5.83. The number of rotatable bonds is 4. The van der Waals surface area contributed by atoms with Crippen molar-refractivity contribution >= 4 is 5.69 Å². The van der Waals surface area contributed by atoms with Gasteiger partial charge in [0, 0.05) is 30.4 Å². The van der Waals surface area contributed by atoms with E-state index in [-0.39, 0.29) is 5.54 Å². The number of benzene rings is 1. The molecule has 1 fully saturated rings. The fraction of sp³-hybridized carbons (Fsp3) is 0.647. The van der Waals surface area contributed by atoms with Crippen LogP contribution in [0.1, 0.15) is 46.1 Å². The van der Waals surface area contributed by atoms with Crippen molar-refractivity contribution in [3.63, 3.8) is 0 Å². The molecule has 0 saturated carbocycles. The van der Waals surface area contributed by atoms with Gasteiger partial charge in [0.05, 0.1) is 0 Å². The van der Waals surface area contributed by atoms with E-state index in [4.69, 9.17) is 0 Å². The van der Waals surface area contributed by atoms with Crippen molar-refractivity contribution in [1.82, 2.24) is 5.32 Å². The zero-order valence-corrected chi connectivity index (χ0v) is 12.9. The Kier molecular flexibility index (Phi) is 4.51. The van der Waals surface area contributed by atoms with E-state index < -0.39 is 0 Å². The van der Waals surface area contributed by atoms with Gasteiger partial charge >= 0.3 is 0 Å². The number of piperazine rings is 1. The smallest absolute Gasteiger partial charge is 0.0402 e. The Morgan fingerprint density at radius 2 is 1.89 bits per heavy atom. The molecule has 1 aromatic carbocycles. The average molecular weight is 260 g/mol. The quantitative estimate of drug-likeness (QED) is 0.889. The molecule has 0 radical (unpaired) electrons. The van der Waals surface area contributed by atoms with Crippen molar-refractivity contribution in [2.45, 2.75) is 58.5 Å². The highest BCUT2D eigenvalue weighted by Gasteiger charge is 2.35. The van der Waals surface area contributed by atoms with Gasteiger partial charge in [0.15, 0.2) is 0 Å². The minimum Gasteiger partial charge on any atom is -0.365 e. The monoisotopic (exact) mass is 260 g/mol. The lowest BCUT2D eigenvalue weighted by molar-refractivity contribution is 0.253. The molecule has 1 N–H and O–H groups in total. The van der Waals surface area contributed by atoms with Gasteiger partial charge in [-0.25, -0.2) is 0 Å². The molecule has 0 amide bonds. The number of nitrogens with zero attached hydrogens (tertiary/aromatic N) is 1. The first kappa shape index (κ1) is 14.4. The highest BCUT2D eigenvalue weighted by Crippen LogP contribution is 2.30. The van der Waals surface area contributed by atoms with Gasteiger partial charge in [-0.1, -0.05) is 39.0 Å². The third-order valence-corrected chi connectivity index (χ3v) is 4.81. The van der Waals surface area contributed by atoms with Crippen LogP contribution in [0.25, 0.3) is 0 Å². The van der Waals surface area contributed by atoms with Crippen molar-refractivity contribution in [3.8, 4) is 0 Å². The number of anilines is 1. The molecular formula is C17H28N2. The number of nitrogens with one attached hydrogen (secondary N) is 1. The largest absolute Gasteiger partial charge is 0.365 e. The number of hydrogen-bond donors (Lipinski definition) is 1. The van der Waals surface area contributed by atoms with Crippen molar-refractivity contribution in [3.05, 3.63) is 29.8 Å². The van der Waals surface area contributed by atoms with Crippen LogP contribution in [0.15, 0.2) is 24.3 Å². The fourth-order valence-electron chi connectivity index (χ4n) is 3.15. The Bertz CT molecular complexity index is 409. The molecule has 0 aliphatic carbocycles. The third kappa shape index (κ3) is 2.79. The minimum absolute atomic E-state index is 0.285. The molecule has 1 aliphatic rings. The van der Waals surface area contributed by atoms with Gasteiger partial charge in [0.25, 0.3) is 0 Å². The molecule has 1 heterocycles. The van der Waals surface area contributed by atoms with Crippen LogP contribution in [-0.4, -0.2) is 24.7 Å². The summed E-state index contributed by atoms with van der Waals surface area (Å²) in [5.41, 5.74) is 3.19. The molecule has 1 aromatic rings. The van der Waals surface area contributed by atoms with Gasteiger partial charge in [0.2, 0.25) is 0 Å². The second kappa shape index (κ2) is 5.96. The topological polar surface area (TPSA) is 15.3 Å². The first-order chi connectivity index (χ1) is 9.15. The molecule has 2 rings (SSSR count). The molecule has 1 saturated heterocycles. The lowest BCUT2D eigenvalue weighted by atomic mass is 9.88. The van der Waals surface area contributed by atoms with Crippen molar-refractivity contribution in [1.29, 1.82) is 0 Å². The van der Waals surface area contributed by atoms with Gasteiger partial charge in [-0.3, -0.25) is 0 Å². The van der Waals surface area contributed by atoms with E-state index in [0.717, 1.165) is 19.5 Å². The normalized spacial score (nSPS) is 22.5. The molecule has 2 nitrogen and oxygen atoms in total. The second-order valence-corrected chi connectivity index (χ2v) is 5.83. The molecule has 1 atom stereocenters. The standard InChI is InChI=1S/C17H28N2/c1-5-15-10-8-9-11-16(15)19-13-17(6-2,7-3)18-12-14(19)4/h8-11,14,18H,5-7,12-13H2,1-4H3. The molecule has 0 aromatic heterocycles. The van der Waals surface area contributed by atoms with E-state index in [0.29, 0.717) is 6.04 Å². The molecule has 0 spiro atoms. The first-order valence-corrected chi connectivity index (χ1v) is 7.75. The molecule has 1 aliphatic heterocycles. The van der Waals surface area contributed by atoms with Crippen LogP contribution in [-0.2, 0) is 6.42 Å². The van der Waals surface area contributed by atoms with Gasteiger partial charge in [-0.2, -0.15) is 0 Å². The maximum Gasteiger partial charge on any atom is 0.0402 e. The maximum atomic E-state index is 3.78. The zero-order valence-electron chi connectivity index (χ0n) is 12.9. The summed E-state index contributed by atoms with van der Waals surface area (Å²) in [4.78, 5) is 2.61. The van der Waals surface area contributed by atoms with Crippen molar-refractivity contribution < 1.29 is 0 Å². The van der Waals surface area contributed by atoms with E-state index in [1.807, 2.05) is 0 Å². The van der Waals surface area contributed by atoms with E-state index in [1.165, 1.54) is 24.1 Å². The van der Waals surface area contributed by atoms with Crippen LogP contribution in [0.5, 0.6) is 0 Å². The van der Waals surface area contributed by atoms with Gasteiger partial charge in [-0.05, 0) is 37.8 Å². The minimum atomic E-state index is 0.285. The molecule has 106 valence electrons. The number of para-hydroxylation sites is 1. The van der Waals surface area contributed by atoms with Gasteiger partial charge in [0.1, 0.15) is 0 Å². The Hall–Kier alpha value is -1.02. The van der Waals surface area contributed by atoms with E-state index in [1.54, 1.807) is 0 Å². The maximum absolute atomic E-state index is 3.78. The average Bonchev–Trinajstić information content (AvgIpc) is 2.48. The lowest BCUT2D eigenvalue weighted by Gasteiger charge is -2.48. The molecule has 2 heteroatoms. The zero-order chi connectivity index (χ0) is 13.9. The molecule has 19 heavy (non-hydrogen) atoms. The highest BCUT2D eigenvalue weighted by atomic mass is 15.3. The predicted molar refractivity (Wildman–Crippen MR) is 83.9 cm³/mol. The lowest BCUT2D eigenvalue weighted by Crippen LogP contribution is -2.63. The number of hydrogen-bond acceptors (Lipinski definition) is 2. The van der Waals surface area contributed by atoms with Gasteiger partial charge in [-0.15, -0.1) is 0 Å². The van der Waals surface area contributed by atoms with Crippen LogP contribution >= 0.6 is 0 Å². The van der Waals surface area contributed by atoms with E-state index >= 15 is 0 Å². The van der Waals surface area contributed by atoms with Crippen LogP contribution in [0, 0.1) is 0 Å². The summed E-state index contributed by atoms with van der Waals surface area (Å²) in [6.07, 6.45) is 3.50. The van der Waals surface area contributed by atoms with Gasteiger partial charge < -0.3 is 10.2 Å². The summed E-state index contributed by atoms with van der Waals surface area (Å²) in [5, 5.41) is 3.78. The highest BCUT2D eigenvalue weighted by molar-refractivity contribution is 5.55. The van der Waals surface area contributed by atoms with Crippen LogP contribution in [0.2, 0.25) is 0 Å². The van der Waals surface area contributed by atoms with Crippen LogP contribution < -0.4 is 10.2 Å². The Balaban J connectivity index is 2.31. The summed E-state index contributed by atoms with van der Waals surface area (Å²) < 4.78 is 0. The number of aryl methyl sites for hydroxylation is 1. The van der Waals surface area contributed by atoms with Crippen molar-refractivity contribution in [2.24, 2.45) is 0 Å². The molecule has 0 bridgehead atoms. The Morgan fingerprint density at radius 3 is 2.53 bits per heavy atom. The first-order valence-electron chi connectivity index (χ1n) is 7.75. The molecule has 1 unspecified atom stereocenters. The molecular weight excluding hydrogens is 232 g/mol. The Labute approximate surface area is 118 Å². The summed E-state index contributed by atoms with van der Waals surface area (Å²) in [6, 6.07) is 9.45. The van der Waals surface area contributed by atoms with Crippen LogP contribution in [0.3, 0.4) is 0 Å². The predicted octanol–water partition coefficient (Wildman–Crippen LogP) is 3.61. The Morgan fingerprint density at radius 1 is 1.21 bits per heavy atom. The fourth-order valence-corrected chi connectivity index (χ4v) is 3.15. The van der Waals surface area contributed by atoms with E-state index in [2.05, 4.69) is 62.2 Å².